The van der Waals surface area contributed by atoms with Crippen molar-refractivity contribution in [2.75, 3.05) is 11.9 Å². The smallest absolute Gasteiger partial charge is 0.161 e. The monoisotopic (exact) mass is 272 g/mol. The molecule has 0 aromatic heterocycles. The molecule has 5 heteroatoms. The molecule has 17 heavy (non-hydrogen) atoms. The molecule has 1 aromatic carbocycles. The van der Waals surface area contributed by atoms with E-state index in [1.165, 1.54) is 6.07 Å². The predicted molar refractivity (Wildman–Crippen MR) is 73.6 cm³/mol. The molecule has 1 heterocycles. The Morgan fingerprint density at radius 3 is 3.12 bits per heavy atom. The number of anilines is 1. The summed E-state index contributed by atoms with van der Waals surface area (Å²) in [6.07, 6.45) is 2.27. The summed E-state index contributed by atoms with van der Waals surface area (Å²) in [6.45, 7) is 2.95. The number of hydrogen-bond acceptors (Lipinski definition) is 3. The van der Waals surface area contributed by atoms with Crippen LogP contribution in [-0.2, 0) is 0 Å². The summed E-state index contributed by atoms with van der Waals surface area (Å²) < 4.78 is 13.5. The number of thioether (sulfide) groups is 1. The first-order valence-corrected chi connectivity index (χ1v) is 6.88. The van der Waals surface area contributed by atoms with Crippen LogP contribution in [0, 0.1) is 5.82 Å². The zero-order valence-electron chi connectivity index (χ0n) is 9.54. The molecule has 92 valence electrons. The van der Waals surface area contributed by atoms with E-state index >= 15 is 0 Å². The molecule has 0 radical (unpaired) electrons. The van der Waals surface area contributed by atoms with Gasteiger partial charge < -0.3 is 5.32 Å². The van der Waals surface area contributed by atoms with Crippen LogP contribution in [0.25, 0.3) is 0 Å². The van der Waals surface area contributed by atoms with Crippen LogP contribution in [0.15, 0.2) is 23.2 Å². The lowest BCUT2D eigenvalue weighted by Gasteiger charge is -2.09. The average Bonchev–Trinajstić information content (AvgIpc) is 2.72. The van der Waals surface area contributed by atoms with Crippen LogP contribution in [-0.4, -0.2) is 17.0 Å². The molecule has 0 bridgehead atoms. The van der Waals surface area contributed by atoms with Crippen LogP contribution in [0.4, 0.5) is 10.1 Å². The summed E-state index contributed by atoms with van der Waals surface area (Å²) in [5.41, 5.74) is 0.317. The Hall–Kier alpha value is -0.740. The Labute approximate surface area is 110 Å². The molecular formula is C12H14ClFN2S. The SMILES string of the molecule is CCCC1CN=C(Nc2c(F)cccc2Cl)S1. The van der Waals surface area contributed by atoms with E-state index in [0.717, 1.165) is 24.6 Å². The minimum atomic E-state index is -0.347. The molecule has 2 nitrogen and oxygen atoms in total. The van der Waals surface area contributed by atoms with Crippen molar-refractivity contribution >= 4 is 34.2 Å². The molecule has 0 saturated carbocycles. The van der Waals surface area contributed by atoms with E-state index in [1.54, 1.807) is 23.9 Å². The third kappa shape index (κ3) is 3.13. The van der Waals surface area contributed by atoms with Crippen molar-refractivity contribution in [2.45, 2.75) is 25.0 Å². The van der Waals surface area contributed by atoms with E-state index in [9.17, 15) is 4.39 Å². The summed E-state index contributed by atoms with van der Waals surface area (Å²) in [7, 11) is 0. The highest BCUT2D eigenvalue weighted by Gasteiger charge is 2.20. The standard InChI is InChI=1S/C12H14ClFN2S/c1-2-4-8-7-15-12(17-8)16-11-9(13)5-3-6-10(11)14/h3,5-6,8H,2,4,7H2,1H3,(H,15,16). The van der Waals surface area contributed by atoms with Gasteiger partial charge in [0.15, 0.2) is 5.17 Å². The van der Waals surface area contributed by atoms with E-state index < -0.39 is 0 Å². The van der Waals surface area contributed by atoms with Crippen LogP contribution >= 0.6 is 23.4 Å². The van der Waals surface area contributed by atoms with Gasteiger partial charge in [-0.2, -0.15) is 0 Å². The van der Waals surface area contributed by atoms with Crippen molar-refractivity contribution in [3.63, 3.8) is 0 Å². The van der Waals surface area contributed by atoms with Crippen molar-refractivity contribution < 1.29 is 4.39 Å². The molecular weight excluding hydrogens is 259 g/mol. The number of nitrogens with one attached hydrogen (secondary N) is 1. The molecule has 0 aliphatic carbocycles. The highest BCUT2D eigenvalue weighted by atomic mass is 35.5. The molecule has 1 unspecified atom stereocenters. The van der Waals surface area contributed by atoms with Gasteiger partial charge in [0.25, 0.3) is 0 Å². The van der Waals surface area contributed by atoms with Crippen LogP contribution in [0.1, 0.15) is 19.8 Å². The molecule has 0 amide bonds. The van der Waals surface area contributed by atoms with E-state index in [-0.39, 0.29) is 5.82 Å². The van der Waals surface area contributed by atoms with Crippen molar-refractivity contribution in [2.24, 2.45) is 4.99 Å². The van der Waals surface area contributed by atoms with Crippen molar-refractivity contribution in [1.82, 2.24) is 0 Å². The van der Waals surface area contributed by atoms with Gasteiger partial charge in [0, 0.05) is 5.25 Å². The van der Waals surface area contributed by atoms with Crippen LogP contribution in [0.3, 0.4) is 0 Å². The maximum atomic E-state index is 13.5. The van der Waals surface area contributed by atoms with Gasteiger partial charge in [-0.25, -0.2) is 4.39 Å². The summed E-state index contributed by atoms with van der Waals surface area (Å²) in [5, 5.41) is 4.62. The molecule has 1 aliphatic rings. The van der Waals surface area contributed by atoms with Crippen molar-refractivity contribution in [1.29, 1.82) is 0 Å². The lowest BCUT2D eigenvalue weighted by Crippen LogP contribution is -2.09. The van der Waals surface area contributed by atoms with Gasteiger partial charge in [0.2, 0.25) is 0 Å². The van der Waals surface area contributed by atoms with Gasteiger partial charge in [-0.1, -0.05) is 42.8 Å². The fraction of sp³-hybridized carbons (Fsp3) is 0.417. The second kappa shape index (κ2) is 5.74. The maximum absolute atomic E-state index is 13.5. The second-order valence-electron chi connectivity index (χ2n) is 3.90. The number of amidine groups is 1. The van der Waals surface area contributed by atoms with Crippen LogP contribution in [0.2, 0.25) is 5.02 Å². The average molecular weight is 273 g/mol. The lowest BCUT2D eigenvalue weighted by atomic mass is 10.2. The van der Waals surface area contributed by atoms with Gasteiger partial charge in [-0.05, 0) is 18.6 Å². The number of hydrogen-bond donors (Lipinski definition) is 1. The zero-order chi connectivity index (χ0) is 12.3. The Morgan fingerprint density at radius 2 is 2.41 bits per heavy atom. The number of para-hydroxylation sites is 1. The van der Waals surface area contributed by atoms with Gasteiger partial charge in [-0.3, -0.25) is 4.99 Å². The Bertz CT molecular complexity index is 416. The quantitative estimate of drug-likeness (QED) is 0.893. The highest BCUT2D eigenvalue weighted by molar-refractivity contribution is 8.15. The minimum Gasteiger partial charge on any atom is -0.331 e. The van der Waals surface area contributed by atoms with E-state index in [0.29, 0.717) is 16.0 Å². The summed E-state index contributed by atoms with van der Waals surface area (Å²) >= 11 is 7.60. The van der Waals surface area contributed by atoms with Crippen molar-refractivity contribution in [3.8, 4) is 0 Å². The summed E-state index contributed by atoms with van der Waals surface area (Å²) in [6, 6.07) is 4.64. The predicted octanol–water partition coefficient (Wildman–Crippen LogP) is 4.16. The fourth-order valence-corrected chi connectivity index (χ4v) is 3.02. The number of aliphatic imine (C=N–C) groups is 1. The third-order valence-electron chi connectivity index (χ3n) is 2.52. The van der Waals surface area contributed by atoms with Gasteiger partial charge in [0.05, 0.1) is 17.3 Å². The number of halogens is 2. The summed E-state index contributed by atoms with van der Waals surface area (Å²) in [5.74, 6) is -0.347. The zero-order valence-corrected chi connectivity index (χ0v) is 11.1. The molecule has 1 aromatic rings. The lowest BCUT2D eigenvalue weighted by molar-refractivity contribution is 0.632. The van der Waals surface area contributed by atoms with Crippen LogP contribution in [0.5, 0.6) is 0 Å². The normalized spacial score (nSPS) is 19.2. The number of rotatable bonds is 3. The summed E-state index contributed by atoms with van der Waals surface area (Å²) in [4.78, 5) is 4.36. The van der Waals surface area contributed by atoms with Gasteiger partial charge >= 0.3 is 0 Å². The molecule has 2 rings (SSSR count). The van der Waals surface area contributed by atoms with Crippen LogP contribution < -0.4 is 5.32 Å². The maximum Gasteiger partial charge on any atom is 0.161 e. The molecule has 1 atom stereocenters. The largest absolute Gasteiger partial charge is 0.331 e. The number of nitrogens with zero attached hydrogens (tertiary/aromatic N) is 1. The molecule has 0 fully saturated rings. The topological polar surface area (TPSA) is 24.4 Å². The molecule has 1 aliphatic heterocycles. The molecule has 0 spiro atoms. The van der Waals surface area contributed by atoms with Gasteiger partial charge in [0.1, 0.15) is 5.82 Å². The first-order valence-electron chi connectivity index (χ1n) is 5.63. The minimum absolute atomic E-state index is 0.317. The Morgan fingerprint density at radius 1 is 1.59 bits per heavy atom. The van der Waals surface area contributed by atoms with Crippen molar-refractivity contribution in [3.05, 3.63) is 29.0 Å². The van der Waals surface area contributed by atoms with E-state index in [2.05, 4.69) is 17.2 Å². The first kappa shape index (κ1) is 12.7. The van der Waals surface area contributed by atoms with E-state index in [4.69, 9.17) is 11.6 Å². The molecule has 0 saturated heterocycles. The third-order valence-corrected chi connectivity index (χ3v) is 4.01. The first-order chi connectivity index (χ1) is 8.20. The van der Waals surface area contributed by atoms with E-state index in [1.807, 2.05) is 0 Å². The number of benzene rings is 1. The highest BCUT2D eigenvalue weighted by Crippen LogP contribution is 2.30. The Balaban J connectivity index is 2.03. The van der Waals surface area contributed by atoms with Gasteiger partial charge in [-0.15, -0.1) is 0 Å². The fourth-order valence-electron chi connectivity index (χ4n) is 1.68. The second-order valence-corrected chi connectivity index (χ2v) is 5.59. The molecule has 1 N–H and O–H groups in total. The Kier molecular flexibility index (Phi) is 4.29.